The Kier molecular flexibility index (Phi) is 4.75. The second kappa shape index (κ2) is 7.14. The molecule has 1 saturated carbocycles. The van der Waals surface area contributed by atoms with Crippen LogP contribution in [0, 0.1) is 5.92 Å². The molecular formula is C24H19BrClNO4. The Bertz CT molecular complexity index is 1170. The molecule has 0 amide bonds. The third-order valence-corrected chi connectivity index (χ3v) is 7.22. The minimum Gasteiger partial charge on any atom is -0.476 e. The van der Waals surface area contributed by atoms with Gasteiger partial charge in [0.1, 0.15) is 23.3 Å². The lowest BCUT2D eigenvalue weighted by atomic mass is 9.71. The average molecular weight is 501 g/mol. The molecular weight excluding hydrogens is 482 g/mol. The molecule has 2 aromatic carbocycles. The van der Waals surface area contributed by atoms with Crippen LogP contribution in [0.15, 0.2) is 71.3 Å². The van der Waals surface area contributed by atoms with Crippen molar-refractivity contribution in [3.05, 3.63) is 93.2 Å². The molecule has 0 saturated heterocycles. The average Bonchev–Trinajstić information content (AvgIpc) is 3.12. The van der Waals surface area contributed by atoms with Crippen molar-refractivity contribution in [3.8, 4) is 5.75 Å². The molecule has 1 aliphatic heterocycles. The highest BCUT2D eigenvalue weighted by Gasteiger charge is 2.77. The number of ketones is 1. The molecule has 5 rings (SSSR count). The summed E-state index contributed by atoms with van der Waals surface area (Å²) in [5.74, 6) is -1.51. The number of benzene rings is 2. The van der Waals surface area contributed by atoms with Gasteiger partial charge in [-0.05, 0) is 30.2 Å². The summed E-state index contributed by atoms with van der Waals surface area (Å²) in [6.45, 7) is 1.43. The van der Waals surface area contributed by atoms with E-state index in [1.807, 2.05) is 54.6 Å². The van der Waals surface area contributed by atoms with Crippen LogP contribution in [0.25, 0.3) is 0 Å². The van der Waals surface area contributed by atoms with Gasteiger partial charge in [0.05, 0.1) is 10.9 Å². The van der Waals surface area contributed by atoms with Gasteiger partial charge in [0.15, 0.2) is 11.2 Å². The number of hydrogen-bond acceptors (Lipinski definition) is 5. The standard InChI is InChI=1S/C24H19BrClNO4/c1-13(28)19-20(14-5-3-2-4-6-14)24(15-7-9-16(25)10-8-15)23(30,22(19)29)21-18(31-24)11-17(26)12-27-21/h2-12,19-20,22,29-30H,1H3/t19-,20-,22-,23+,24+/m1/s1. The van der Waals surface area contributed by atoms with Crippen LogP contribution < -0.4 is 4.74 Å². The van der Waals surface area contributed by atoms with Gasteiger partial charge in [0.2, 0.25) is 0 Å². The molecule has 158 valence electrons. The highest BCUT2D eigenvalue weighted by Crippen LogP contribution is 2.68. The molecule has 5 atom stereocenters. The molecule has 31 heavy (non-hydrogen) atoms. The Morgan fingerprint density at radius 1 is 1.16 bits per heavy atom. The van der Waals surface area contributed by atoms with Gasteiger partial charge >= 0.3 is 0 Å². The molecule has 1 fully saturated rings. The zero-order chi connectivity index (χ0) is 22.0. The topological polar surface area (TPSA) is 79.7 Å². The van der Waals surface area contributed by atoms with Crippen molar-refractivity contribution >= 4 is 33.3 Å². The van der Waals surface area contributed by atoms with Crippen molar-refractivity contribution < 1.29 is 19.7 Å². The van der Waals surface area contributed by atoms with Crippen molar-refractivity contribution in [1.82, 2.24) is 4.98 Å². The Labute approximate surface area is 192 Å². The fraction of sp³-hybridized carbons (Fsp3) is 0.250. The predicted molar refractivity (Wildman–Crippen MR) is 119 cm³/mol. The van der Waals surface area contributed by atoms with Gasteiger partial charge in [0, 0.05) is 22.7 Å². The number of Topliss-reactive ketones (excluding diaryl/α,β-unsaturated/α-hetero) is 1. The third kappa shape index (κ3) is 2.69. The van der Waals surface area contributed by atoms with Gasteiger partial charge < -0.3 is 14.9 Å². The van der Waals surface area contributed by atoms with Gasteiger partial charge in [-0.15, -0.1) is 0 Å². The summed E-state index contributed by atoms with van der Waals surface area (Å²) in [5, 5.41) is 24.1. The van der Waals surface area contributed by atoms with Crippen LogP contribution in [0.5, 0.6) is 5.75 Å². The van der Waals surface area contributed by atoms with Crippen LogP contribution >= 0.6 is 27.5 Å². The minimum atomic E-state index is -1.96. The first-order valence-corrected chi connectivity index (χ1v) is 11.0. The van der Waals surface area contributed by atoms with Crippen molar-refractivity contribution in [2.24, 2.45) is 5.92 Å². The number of ether oxygens (including phenoxy) is 1. The Balaban J connectivity index is 1.87. The van der Waals surface area contributed by atoms with Crippen LogP contribution in [0.1, 0.15) is 29.7 Å². The number of aromatic nitrogens is 1. The number of halogens is 2. The normalized spacial score (nSPS) is 31.1. The fourth-order valence-electron chi connectivity index (χ4n) is 5.28. The number of hydrogen-bond donors (Lipinski definition) is 2. The summed E-state index contributed by atoms with van der Waals surface area (Å²) >= 11 is 9.61. The maximum Gasteiger partial charge on any atom is 0.181 e. The number of aliphatic hydroxyl groups excluding tert-OH is 1. The number of carbonyl (C=O) groups excluding carboxylic acids is 1. The lowest BCUT2D eigenvalue weighted by Crippen LogP contribution is -2.52. The zero-order valence-corrected chi connectivity index (χ0v) is 18.8. The van der Waals surface area contributed by atoms with Crippen LogP contribution in [0.4, 0.5) is 0 Å². The first-order chi connectivity index (χ1) is 14.8. The maximum atomic E-state index is 12.8. The predicted octanol–water partition coefficient (Wildman–Crippen LogP) is 4.34. The Morgan fingerprint density at radius 3 is 2.48 bits per heavy atom. The van der Waals surface area contributed by atoms with Crippen LogP contribution in [0.3, 0.4) is 0 Å². The van der Waals surface area contributed by atoms with Gasteiger partial charge in [-0.3, -0.25) is 9.78 Å². The lowest BCUT2D eigenvalue weighted by Gasteiger charge is -2.40. The van der Waals surface area contributed by atoms with E-state index in [0.717, 1.165) is 10.0 Å². The molecule has 2 heterocycles. The lowest BCUT2D eigenvalue weighted by molar-refractivity contribution is -0.155. The highest BCUT2D eigenvalue weighted by molar-refractivity contribution is 9.10. The molecule has 2 aliphatic rings. The molecule has 0 bridgehead atoms. The van der Waals surface area contributed by atoms with E-state index in [9.17, 15) is 15.0 Å². The smallest absolute Gasteiger partial charge is 0.181 e. The van der Waals surface area contributed by atoms with Gasteiger partial charge in [-0.2, -0.15) is 0 Å². The largest absolute Gasteiger partial charge is 0.476 e. The van der Waals surface area contributed by atoms with E-state index in [1.54, 1.807) is 6.07 Å². The van der Waals surface area contributed by atoms with Gasteiger partial charge in [0.25, 0.3) is 0 Å². The second-order valence-electron chi connectivity index (χ2n) is 8.08. The first-order valence-electron chi connectivity index (χ1n) is 9.87. The Hall–Kier alpha value is -2.25. The van der Waals surface area contributed by atoms with E-state index in [4.69, 9.17) is 16.3 Å². The number of rotatable bonds is 3. The summed E-state index contributed by atoms with van der Waals surface area (Å²) in [7, 11) is 0. The van der Waals surface area contributed by atoms with Gasteiger partial charge in [-0.25, -0.2) is 0 Å². The molecule has 1 aromatic heterocycles. The quantitative estimate of drug-likeness (QED) is 0.559. The monoisotopic (exact) mass is 499 g/mol. The molecule has 3 aromatic rings. The van der Waals surface area contributed by atoms with Crippen LogP contribution in [-0.2, 0) is 16.0 Å². The van der Waals surface area contributed by atoms with Crippen LogP contribution in [0.2, 0.25) is 5.02 Å². The second-order valence-corrected chi connectivity index (χ2v) is 9.43. The summed E-state index contributed by atoms with van der Waals surface area (Å²) < 4.78 is 7.37. The van der Waals surface area contributed by atoms with Crippen LogP contribution in [-0.4, -0.2) is 27.1 Å². The van der Waals surface area contributed by atoms with Crippen molar-refractivity contribution in [3.63, 3.8) is 0 Å². The maximum absolute atomic E-state index is 12.8. The molecule has 2 N–H and O–H groups in total. The summed E-state index contributed by atoms with van der Waals surface area (Å²) in [6.07, 6.45) is -0.0289. The molecule has 7 heteroatoms. The first kappa shape index (κ1) is 20.6. The minimum absolute atomic E-state index is 0.178. The molecule has 0 spiro atoms. The zero-order valence-electron chi connectivity index (χ0n) is 16.5. The fourth-order valence-corrected chi connectivity index (χ4v) is 5.69. The molecule has 0 radical (unpaired) electrons. The summed E-state index contributed by atoms with van der Waals surface area (Å²) in [5.41, 5.74) is -1.86. The van der Waals surface area contributed by atoms with Crippen molar-refractivity contribution in [2.75, 3.05) is 0 Å². The summed E-state index contributed by atoms with van der Waals surface area (Å²) in [6, 6.07) is 18.3. The molecule has 5 nitrogen and oxygen atoms in total. The van der Waals surface area contributed by atoms with E-state index in [0.29, 0.717) is 16.3 Å². The SMILES string of the molecule is CC(=O)[C@H]1[C@@H](O)[C@@]2(O)c3ncc(Cl)cc3O[C@@]2(c2ccc(Br)cc2)[C@@H]1c1ccccc1. The number of fused-ring (bicyclic) bond motifs is 3. The van der Waals surface area contributed by atoms with Crippen molar-refractivity contribution in [2.45, 2.75) is 30.1 Å². The molecule has 0 unspecified atom stereocenters. The Morgan fingerprint density at radius 2 is 1.84 bits per heavy atom. The van der Waals surface area contributed by atoms with E-state index in [-0.39, 0.29) is 11.5 Å². The van der Waals surface area contributed by atoms with E-state index in [2.05, 4.69) is 20.9 Å². The third-order valence-electron chi connectivity index (χ3n) is 6.48. The summed E-state index contributed by atoms with van der Waals surface area (Å²) in [4.78, 5) is 17.2. The number of aliphatic hydroxyl groups is 2. The highest BCUT2D eigenvalue weighted by atomic mass is 79.9. The number of nitrogens with zero attached hydrogens (tertiary/aromatic N) is 1. The molecule has 1 aliphatic carbocycles. The van der Waals surface area contributed by atoms with E-state index < -0.39 is 29.1 Å². The van der Waals surface area contributed by atoms with Gasteiger partial charge in [-0.1, -0.05) is 70.0 Å². The van der Waals surface area contributed by atoms with Crippen molar-refractivity contribution in [1.29, 1.82) is 0 Å². The number of pyridine rings is 1. The number of carbonyl (C=O) groups is 1. The van der Waals surface area contributed by atoms with E-state index >= 15 is 0 Å². The van der Waals surface area contributed by atoms with E-state index in [1.165, 1.54) is 13.1 Å².